The molecule has 8 heteroatoms. The fourth-order valence-corrected chi connectivity index (χ4v) is 2.32. The molecule has 0 aromatic heterocycles. The molecular formula is C12H23NO7. The summed E-state index contributed by atoms with van der Waals surface area (Å²) in [4.78, 5) is 11.2. The lowest BCUT2D eigenvalue weighted by Gasteiger charge is -2.34. The lowest BCUT2D eigenvalue weighted by Crippen LogP contribution is -2.62. The van der Waals surface area contributed by atoms with E-state index in [1.54, 1.807) is 0 Å². The van der Waals surface area contributed by atoms with E-state index >= 15 is 0 Å². The highest BCUT2D eigenvalue weighted by Crippen LogP contribution is 2.30. The summed E-state index contributed by atoms with van der Waals surface area (Å²) in [5, 5.41) is 49.9. The number of carboxylic acid groups (broad SMARTS) is 1. The van der Waals surface area contributed by atoms with E-state index in [1.807, 2.05) is 13.8 Å². The van der Waals surface area contributed by atoms with E-state index in [-0.39, 0.29) is 12.3 Å². The number of aliphatic carboxylic acids is 1. The van der Waals surface area contributed by atoms with Crippen LogP contribution in [0.5, 0.6) is 0 Å². The van der Waals surface area contributed by atoms with Crippen LogP contribution >= 0.6 is 0 Å². The highest BCUT2D eigenvalue weighted by atomic mass is 16.6. The van der Waals surface area contributed by atoms with Crippen LogP contribution in [0.1, 0.15) is 20.3 Å². The van der Waals surface area contributed by atoms with E-state index in [1.165, 1.54) is 0 Å². The average molecular weight is 293 g/mol. The van der Waals surface area contributed by atoms with E-state index in [4.69, 9.17) is 9.84 Å². The molecule has 1 rings (SSSR count). The monoisotopic (exact) mass is 293 g/mol. The largest absolute Gasteiger partial charge is 0.480 e. The van der Waals surface area contributed by atoms with Gasteiger partial charge in [-0.15, -0.1) is 0 Å². The molecule has 1 aliphatic rings. The Morgan fingerprint density at radius 1 is 1.35 bits per heavy atom. The zero-order chi connectivity index (χ0) is 15.5. The Balaban J connectivity index is 2.91. The van der Waals surface area contributed by atoms with Gasteiger partial charge in [0.2, 0.25) is 0 Å². The maximum Gasteiger partial charge on any atom is 0.320 e. The van der Waals surface area contributed by atoms with Gasteiger partial charge < -0.3 is 30.3 Å². The standard InChI is InChI=1S/C12H23NO7/c1-6(2)3-7(11(18)19)13-12(5-15)10(17)9(16)8(4-14)20-12/h6-10,13-17H,3-5H2,1-2H3,(H,18,19)/t7-,8+,9+,10-,12-/m0/s1. The fraction of sp³-hybridized carbons (Fsp3) is 0.917. The summed E-state index contributed by atoms with van der Waals surface area (Å²) in [6, 6.07) is -1.05. The van der Waals surface area contributed by atoms with E-state index < -0.39 is 49.3 Å². The fourth-order valence-electron chi connectivity index (χ4n) is 2.32. The van der Waals surface area contributed by atoms with Crippen molar-refractivity contribution in [1.82, 2.24) is 5.32 Å². The van der Waals surface area contributed by atoms with Gasteiger partial charge in [-0.2, -0.15) is 0 Å². The van der Waals surface area contributed by atoms with Crippen LogP contribution in [0.4, 0.5) is 0 Å². The van der Waals surface area contributed by atoms with Crippen molar-refractivity contribution in [3.05, 3.63) is 0 Å². The Bertz CT molecular complexity index is 338. The van der Waals surface area contributed by atoms with E-state index in [9.17, 15) is 25.2 Å². The Morgan fingerprint density at radius 2 is 1.95 bits per heavy atom. The molecule has 20 heavy (non-hydrogen) atoms. The molecule has 8 nitrogen and oxygen atoms in total. The molecule has 1 fully saturated rings. The second-order valence-corrected chi connectivity index (χ2v) is 5.49. The molecule has 0 aromatic rings. The first-order valence-corrected chi connectivity index (χ1v) is 6.53. The van der Waals surface area contributed by atoms with Crippen molar-refractivity contribution in [3.8, 4) is 0 Å². The maximum absolute atomic E-state index is 11.2. The first-order chi connectivity index (χ1) is 9.27. The zero-order valence-corrected chi connectivity index (χ0v) is 11.6. The number of ether oxygens (including phenoxy) is 1. The van der Waals surface area contributed by atoms with Gasteiger partial charge >= 0.3 is 5.97 Å². The van der Waals surface area contributed by atoms with Crippen molar-refractivity contribution < 1.29 is 35.1 Å². The van der Waals surface area contributed by atoms with Gasteiger partial charge in [0.1, 0.15) is 24.4 Å². The molecule has 0 bridgehead atoms. The van der Waals surface area contributed by atoms with Gasteiger partial charge in [-0.25, -0.2) is 0 Å². The van der Waals surface area contributed by atoms with Gasteiger partial charge in [-0.05, 0) is 12.3 Å². The van der Waals surface area contributed by atoms with Crippen molar-refractivity contribution in [2.75, 3.05) is 13.2 Å². The van der Waals surface area contributed by atoms with Crippen LogP contribution in [0.3, 0.4) is 0 Å². The SMILES string of the molecule is CC(C)C[C@H](N[C@@]1(CO)O[C@H](CO)[C@@H](O)[C@@H]1O)C(=O)O. The number of nitrogens with one attached hydrogen (secondary N) is 1. The Morgan fingerprint density at radius 3 is 2.30 bits per heavy atom. The Kier molecular flexibility index (Phi) is 5.87. The number of rotatable bonds is 7. The van der Waals surface area contributed by atoms with E-state index in [0.717, 1.165) is 0 Å². The summed E-state index contributed by atoms with van der Waals surface area (Å²) in [5.74, 6) is -1.08. The van der Waals surface area contributed by atoms with Crippen molar-refractivity contribution in [2.24, 2.45) is 5.92 Å². The minimum atomic E-state index is -1.80. The van der Waals surface area contributed by atoms with Crippen LogP contribution in [0.2, 0.25) is 0 Å². The van der Waals surface area contributed by atoms with Crippen molar-refractivity contribution in [3.63, 3.8) is 0 Å². The second kappa shape index (κ2) is 6.79. The number of aliphatic hydroxyl groups is 4. The van der Waals surface area contributed by atoms with Gasteiger partial charge in [0, 0.05) is 0 Å². The van der Waals surface area contributed by atoms with Crippen LogP contribution in [-0.4, -0.2) is 74.8 Å². The third-order valence-corrected chi connectivity index (χ3v) is 3.38. The molecule has 1 saturated heterocycles. The number of carbonyl (C=O) groups is 1. The summed E-state index contributed by atoms with van der Waals surface area (Å²) in [6.45, 7) is 2.38. The molecule has 0 unspecified atom stereocenters. The van der Waals surface area contributed by atoms with Crippen LogP contribution in [0.25, 0.3) is 0 Å². The molecular weight excluding hydrogens is 270 g/mol. The Labute approximate surface area is 117 Å². The third kappa shape index (κ3) is 3.46. The van der Waals surface area contributed by atoms with Gasteiger partial charge in [0.05, 0.1) is 13.2 Å². The van der Waals surface area contributed by atoms with Crippen molar-refractivity contribution in [2.45, 2.75) is 50.3 Å². The number of aliphatic hydroxyl groups excluding tert-OH is 4. The third-order valence-electron chi connectivity index (χ3n) is 3.38. The number of hydrogen-bond acceptors (Lipinski definition) is 7. The second-order valence-electron chi connectivity index (χ2n) is 5.49. The van der Waals surface area contributed by atoms with Crippen molar-refractivity contribution >= 4 is 5.97 Å². The molecule has 0 aromatic carbocycles. The minimum Gasteiger partial charge on any atom is -0.480 e. The summed E-state index contributed by atoms with van der Waals surface area (Å²) < 4.78 is 5.26. The molecule has 0 spiro atoms. The predicted octanol–water partition coefficient (Wildman–Crippen LogP) is -2.12. The van der Waals surface area contributed by atoms with Gasteiger partial charge in [0.25, 0.3) is 0 Å². The number of carboxylic acids is 1. The molecule has 0 aliphatic carbocycles. The first-order valence-electron chi connectivity index (χ1n) is 6.53. The van der Waals surface area contributed by atoms with Crippen LogP contribution in [0.15, 0.2) is 0 Å². The summed E-state index contributed by atoms with van der Waals surface area (Å²) in [5.41, 5.74) is -1.80. The molecule has 0 radical (unpaired) electrons. The van der Waals surface area contributed by atoms with Gasteiger partial charge in [-0.3, -0.25) is 10.1 Å². The van der Waals surface area contributed by atoms with Crippen LogP contribution in [0, 0.1) is 5.92 Å². The highest BCUT2D eigenvalue weighted by molar-refractivity contribution is 5.73. The summed E-state index contributed by atoms with van der Waals surface area (Å²) in [6.07, 6.45) is -3.78. The molecule has 1 heterocycles. The molecule has 1 aliphatic heterocycles. The van der Waals surface area contributed by atoms with Crippen LogP contribution in [-0.2, 0) is 9.53 Å². The lowest BCUT2D eigenvalue weighted by molar-refractivity contribution is -0.159. The Hall–Kier alpha value is -0.770. The van der Waals surface area contributed by atoms with E-state index in [2.05, 4.69) is 5.32 Å². The average Bonchev–Trinajstić information content (AvgIpc) is 2.62. The topological polar surface area (TPSA) is 139 Å². The van der Waals surface area contributed by atoms with Crippen molar-refractivity contribution in [1.29, 1.82) is 0 Å². The van der Waals surface area contributed by atoms with Crippen LogP contribution < -0.4 is 5.32 Å². The molecule has 5 atom stereocenters. The minimum absolute atomic E-state index is 0.0662. The molecule has 0 amide bonds. The maximum atomic E-state index is 11.2. The highest BCUT2D eigenvalue weighted by Gasteiger charge is 2.55. The molecule has 0 saturated carbocycles. The van der Waals surface area contributed by atoms with E-state index in [0.29, 0.717) is 0 Å². The summed E-state index contributed by atoms with van der Waals surface area (Å²) >= 11 is 0. The quantitative estimate of drug-likeness (QED) is 0.313. The normalized spacial score (nSPS) is 35.5. The first kappa shape index (κ1) is 17.3. The summed E-state index contributed by atoms with van der Waals surface area (Å²) in [7, 11) is 0. The van der Waals surface area contributed by atoms with Gasteiger partial charge in [0.15, 0.2) is 5.72 Å². The zero-order valence-electron chi connectivity index (χ0n) is 11.6. The molecule has 6 N–H and O–H groups in total. The predicted molar refractivity (Wildman–Crippen MR) is 67.8 cm³/mol. The molecule has 118 valence electrons. The smallest absolute Gasteiger partial charge is 0.320 e. The number of hydrogen-bond donors (Lipinski definition) is 6. The van der Waals surface area contributed by atoms with Gasteiger partial charge in [-0.1, -0.05) is 13.8 Å². The lowest BCUT2D eigenvalue weighted by atomic mass is 9.98.